The fraction of sp³-hybridized carbons (Fsp3) is 0.286. The molecule has 0 saturated carbocycles. The van der Waals surface area contributed by atoms with Crippen LogP contribution in [0.1, 0.15) is 6.42 Å². The molecule has 0 amide bonds. The van der Waals surface area contributed by atoms with Crippen LogP contribution in [0, 0.1) is 11.3 Å². The van der Waals surface area contributed by atoms with Gasteiger partial charge in [-0.05, 0) is 11.4 Å². The van der Waals surface area contributed by atoms with Crippen LogP contribution in [-0.2, 0) is 0 Å². The molecule has 52 valence electrons. The van der Waals surface area contributed by atoms with Crippen molar-refractivity contribution < 1.29 is 4.74 Å². The molecular formula is C7H7NOS. The van der Waals surface area contributed by atoms with Crippen molar-refractivity contribution in [2.75, 3.05) is 6.61 Å². The van der Waals surface area contributed by atoms with Gasteiger partial charge in [-0.25, -0.2) is 0 Å². The molecule has 0 aliphatic heterocycles. The highest BCUT2D eigenvalue weighted by Crippen LogP contribution is 2.14. The van der Waals surface area contributed by atoms with E-state index in [4.69, 9.17) is 10.00 Å². The van der Waals surface area contributed by atoms with Gasteiger partial charge in [0, 0.05) is 5.38 Å². The third-order valence-corrected chi connectivity index (χ3v) is 1.64. The third kappa shape index (κ3) is 2.08. The largest absolute Gasteiger partial charge is 0.492 e. The fourth-order valence-corrected chi connectivity index (χ4v) is 1.12. The number of hydrogen-bond donors (Lipinski definition) is 0. The number of ether oxygens (including phenoxy) is 1. The molecule has 1 aromatic heterocycles. The van der Waals surface area contributed by atoms with Gasteiger partial charge in [-0.15, -0.1) is 11.3 Å². The van der Waals surface area contributed by atoms with E-state index in [0.29, 0.717) is 13.0 Å². The first-order valence-electron chi connectivity index (χ1n) is 2.95. The van der Waals surface area contributed by atoms with Gasteiger partial charge in [0.05, 0.1) is 12.5 Å². The van der Waals surface area contributed by atoms with Gasteiger partial charge >= 0.3 is 0 Å². The Kier molecular flexibility index (Phi) is 2.78. The van der Waals surface area contributed by atoms with E-state index in [1.165, 1.54) is 0 Å². The summed E-state index contributed by atoms with van der Waals surface area (Å²) < 4.78 is 5.17. The zero-order chi connectivity index (χ0) is 7.23. The predicted octanol–water partition coefficient (Wildman–Crippen LogP) is 2.04. The van der Waals surface area contributed by atoms with Gasteiger partial charge < -0.3 is 4.74 Å². The molecule has 0 N–H and O–H groups in total. The van der Waals surface area contributed by atoms with Crippen LogP contribution in [0.25, 0.3) is 0 Å². The standard InChI is InChI=1S/C7H7NOS/c8-3-1-4-9-7-2-5-10-6-7/h2,5-6H,1,4H2. The molecular weight excluding hydrogens is 146 g/mol. The molecule has 1 rings (SSSR count). The number of thiophene rings is 1. The van der Waals surface area contributed by atoms with Crippen molar-refractivity contribution in [1.82, 2.24) is 0 Å². The summed E-state index contributed by atoms with van der Waals surface area (Å²) in [6.07, 6.45) is 0.454. The molecule has 0 radical (unpaired) electrons. The van der Waals surface area contributed by atoms with Gasteiger partial charge in [-0.1, -0.05) is 0 Å². The average Bonchev–Trinajstić information content (AvgIpc) is 2.41. The Labute approximate surface area is 63.7 Å². The topological polar surface area (TPSA) is 33.0 Å². The molecule has 0 aromatic carbocycles. The average molecular weight is 153 g/mol. The maximum Gasteiger partial charge on any atom is 0.130 e. The lowest BCUT2D eigenvalue weighted by Gasteiger charge is -1.96. The number of rotatable bonds is 3. The Morgan fingerprint density at radius 1 is 1.70 bits per heavy atom. The summed E-state index contributed by atoms with van der Waals surface area (Å²) >= 11 is 1.59. The Morgan fingerprint density at radius 2 is 2.60 bits per heavy atom. The van der Waals surface area contributed by atoms with Crippen LogP contribution in [0.3, 0.4) is 0 Å². The highest BCUT2D eigenvalue weighted by molar-refractivity contribution is 7.08. The van der Waals surface area contributed by atoms with Crippen molar-refractivity contribution in [2.45, 2.75) is 6.42 Å². The molecule has 0 unspecified atom stereocenters. The molecule has 0 atom stereocenters. The van der Waals surface area contributed by atoms with E-state index in [0.717, 1.165) is 5.75 Å². The smallest absolute Gasteiger partial charge is 0.130 e. The lowest BCUT2D eigenvalue weighted by Crippen LogP contribution is -1.93. The number of nitrogens with zero attached hydrogens (tertiary/aromatic N) is 1. The van der Waals surface area contributed by atoms with E-state index in [1.807, 2.05) is 22.9 Å². The quantitative estimate of drug-likeness (QED) is 0.622. The molecule has 0 aliphatic carbocycles. The van der Waals surface area contributed by atoms with E-state index >= 15 is 0 Å². The summed E-state index contributed by atoms with van der Waals surface area (Å²) in [6, 6.07) is 3.90. The first-order chi connectivity index (χ1) is 4.93. The van der Waals surface area contributed by atoms with Crippen LogP contribution >= 0.6 is 11.3 Å². The second-order valence-corrected chi connectivity index (χ2v) is 2.50. The molecule has 0 spiro atoms. The van der Waals surface area contributed by atoms with E-state index in [9.17, 15) is 0 Å². The number of nitriles is 1. The molecule has 0 saturated heterocycles. The maximum absolute atomic E-state index is 8.17. The van der Waals surface area contributed by atoms with Crippen molar-refractivity contribution >= 4 is 11.3 Å². The molecule has 2 nitrogen and oxygen atoms in total. The Bertz CT molecular complexity index is 212. The van der Waals surface area contributed by atoms with Gasteiger partial charge in [-0.2, -0.15) is 5.26 Å². The van der Waals surface area contributed by atoms with Gasteiger partial charge in [0.25, 0.3) is 0 Å². The Balaban J connectivity index is 2.23. The summed E-state index contributed by atoms with van der Waals surface area (Å²) in [4.78, 5) is 0. The molecule has 1 aromatic rings. The summed E-state index contributed by atoms with van der Waals surface area (Å²) in [5.41, 5.74) is 0. The minimum atomic E-state index is 0.454. The predicted molar refractivity (Wildman–Crippen MR) is 40.0 cm³/mol. The second-order valence-electron chi connectivity index (χ2n) is 1.72. The lowest BCUT2D eigenvalue weighted by molar-refractivity contribution is 0.328. The van der Waals surface area contributed by atoms with Crippen molar-refractivity contribution in [3.8, 4) is 11.8 Å². The molecule has 0 aliphatic rings. The molecule has 10 heavy (non-hydrogen) atoms. The van der Waals surface area contributed by atoms with Crippen molar-refractivity contribution in [2.24, 2.45) is 0 Å². The summed E-state index contributed by atoms with van der Waals surface area (Å²) in [6.45, 7) is 0.493. The van der Waals surface area contributed by atoms with Crippen molar-refractivity contribution in [1.29, 1.82) is 5.26 Å². The highest BCUT2D eigenvalue weighted by Gasteiger charge is 1.90. The van der Waals surface area contributed by atoms with E-state index in [-0.39, 0.29) is 0 Å². The molecule has 0 fully saturated rings. The highest BCUT2D eigenvalue weighted by atomic mass is 32.1. The van der Waals surface area contributed by atoms with Crippen LogP contribution in [0.5, 0.6) is 5.75 Å². The third-order valence-electron chi connectivity index (χ3n) is 0.978. The molecule has 1 heterocycles. The van der Waals surface area contributed by atoms with Crippen LogP contribution in [0.4, 0.5) is 0 Å². The van der Waals surface area contributed by atoms with E-state index in [2.05, 4.69) is 0 Å². The van der Waals surface area contributed by atoms with Gasteiger partial charge in [-0.3, -0.25) is 0 Å². The minimum absolute atomic E-state index is 0.454. The summed E-state index contributed by atoms with van der Waals surface area (Å²) in [5.74, 6) is 0.861. The van der Waals surface area contributed by atoms with Gasteiger partial charge in [0.15, 0.2) is 0 Å². The van der Waals surface area contributed by atoms with Crippen molar-refractivity contribution in [3.63, 3.8) is 0 Å². The van der Waals surface area contributed by atoms with Gasteiger partial charge in [0.2, 0.25) is 0 Å². The maximum atomic E-state index is 8.17. The monoisotopic (exact) mass is 153 g/mol. The van der Waals surface area contributed by atoms with E-state index in [1.54, 1.807) is 11.3 Å². The van der Waals surface area contributed by atoms with Crippen LogP contribution in [0.15, 0.2) is 16.8 Å². The Morgan fingerprint density at radius 3 is 3.20 bits per heavy atom. The minimum Gasteiger partial charge on any atom is -0.492 e. The van der Waals surface area contributed by atoms with Gasteiger partial charge in [0.1, 0.15) is 12.4 Å². The van der Waals surface area contributed by atoms with Crippen LogP contribution < -0.4 is 4.74 Å². The first kappa shape index (κ1) is 7.10. The second kappa shape index (κ2) is 3.91. The lowest BCUT2D eigenvalue weighted by atomic mass is 10.5. The molecule has 0 bridgehead atoms. The fourth-order valence-electron chi connectivity index (χ4n) is 0.549. The zero-order valence-electron chi connectivity index (χ0n) is 5.41. The van der Waals surface area contributed by atoms with E-state index < -0.39 is 0 Å². The van der Waals surface area contributed by atoms with Crippen molar-refractivity contribution in [3.05, 3.63) is 16.8 Å². The normalized spacial score (nSPS) is 8.70. The van der Waals surface area contributed by atoms with Crippen LogP contribution in [0.2, 0.25) is 0 Å². The molecule has 3 heteroatoms. The SMILES string of the molecule is N#CCCOc1ccsc1. The summed E-state index contributed by atoms with van der Waals surface area (Å²) in [5, 5.41) is 12.0. The number of hydrogen-bond acceptors (Lipinski definition) is 3. The zero-order valence-corrected chi connectivity index (χ0v) is 6.23. The van der Waals surface area contributed by atoms with Crippen LogP contribution in [-0.4, -0.2) is 6.61 Å². The summed E-state index contributed by atoms with van der Waals surface area (Å²) in [7, 11) is 0. The first-order valence-corrected chi connectivity index (χ1v) is 3.89. The Hall–Kier alpha value is -1.01.